The molecule has 0 fully saturated rings. The Morgan fingerprint density at radius 1 is 1.56 bits per heavy atom. The molecule has 0 saturated heterocycles. The van der Waals surface area contributed by atoms with Crippen LogP contribution in [0, 0.1) is 0 Å². The minimum atomic E-state index is -0.911. The number of carbonyl (C=O) groups is 2. The Kier molecular flexibility index (Phi) is 3.99. The maximum absolute atomic E-state index is 11.8. The molecule has 0 aliphatic carbocycles. The zero-order valence-corrected chi connectivity index (χ0v) is 10.4. The molecular weight excluding hydrogens is 252 g/mol. The summed E-state index contributed by atoms with van der Waals surface area (Å²) in [5, 5.41) is 10.6. The Balaban J connectivity index is 2.22. The maximum Gasteiger partial charge on any atom is 0.305 e. The second kappa shape index (κ2) is 5.68. The van der Waals surface area contributed by atoms with Crippen molar-refractivity contribution < 1.29 is 14.7 Å². The highest BCUT2D eigenvalue weighted by molar-refractivity contribution is 8.03. The summed E-state index contributed by atoms with van der Waals surface area (Å²) in [6, 6.07) is 3.64. The summed E-state index contributed by atoms with van der Waals surface area (Å²) in [7, 11) is 0. The smallest absolute Gasteiger partial charge is 0.305 e. The summed E-state index contributed by atoms with van der Waals surface area (Å²) in [5.74, 6) is -0.627. The molecule has 18 heavy (non-hydrogen) atoms. The number of carbonyl (C=O) groups excluding carboxylic acids is 1. The molecule has 1 aliphatic rings. The molecule has 94 valence electrons. The van der Waals surface area contributed by atoms with Gasteiger partial charge in [-0.25, -0.2) is 0 Å². The van der Waals surface area contributed by atoms with Crippen LogP contribution in [0.1, 0.15) is 12.0 Å². The standard InChI is InChI=1S/C12H12N2O3S/c15-11-8-18-7-10(9-2-1-4-13-6-9)14(11)5-3-12(16)17/h1-2,4,6-7H,3,5,8H2,(H,16,17). The first-order chi connectivity index (χ1) is 8.68. The highest BCUT2D eigenvalue weighted by atomic mass is 32.2. The molecule has 0 atom stereocenters. The van der Waals surface area contributed by atoms with Gasteiger partial charge >= 0.3 is 5.97 Å². The van der Waals surface area contributed by atoms with Crippen LogP contribution in [0.25, 0.3) is 5.70 Å². The Morgan fingerprint density at radius 3 is 3.06 bits per heavy atom. The van der Waals surface area contributed by atoms with Crippen LogP contribution in [-0.2, 0) is 9.59 Å². The van der Waals surface area contributed by atoms with E-state index in [9.17, 15) is 9.59 Å². The van der Waals surface area contributed by atoms with E-state index in [0.29, 0.717) is 5.75 Å². The summed E-state index contributed by atoms with van der Waals surface area (Å²) in [4.78, 5) is 28.0. The van der Waals surface area contributed by atoms with Crippen molar-refractivity contribution in [2.24, 2.45) is 0 Å². The third-order valence-electron chi connectivity index (χ3n) is 2.50. The third-order valence-corrected chi connectivity index (χ3v) is 3.30. The first-order valence-corrected chi connectivity index (χ1v) is 6.47. The molecule has 0 spiro atoms. The number of amides is 1. The largest absolute Gasteiger partial charge is 0.481 e. The first-order valence-electron chi connectivity index (χ1n) is 5.43. The van der Waals surface area contributed by atoms with Crippen LogP contribution >= 0.6 is 11.8 Å². The summed E-state index contributed by atoms with van der Waals surface area (Å²) >= 11 is 1.42. The van der Waals surface area contributed by atoms with Gasteiger partial charge in [0.2, 0.25) is 5.91 Å². The van der Waals surface area contributed by atoms with Crippen LogP contribution in [-0.4, -0.2) is 39.2 Å². The van der Waals surface area contributed by atoms with Crippen LogP contribution in [0.15, 0.2) is 29.9 Å². The molecule has 2 heterocycles. The molecule has 1 N–H and O–H groups in total. The highest BCUT2D eigenvalue weighted by Gasteiger charge is 2.23. The van der Waals surface area contributed by atoms with Gasteiger partial charge in [-0.1, -0.05) is 0 Å². The number of aliphatic carboxylic acids is 1. The van der Waals surface area contributed by atoms with Gasteiger partial charge in [0.05, 0.1) is 17.9 Å². The Bertz CT molecular complexity index is 487. The number of thioether (sulfide) groups is 1. The van der Waals surface area contributed by atoms with Crippen LogP contribution in [0.4, 0.5) is 0 Å². The van der Waals surface area contributed by atoms with Gasteiger partial charge in [-0.15, -0.1) is 11.8 Å². The quantitative estimate of drug-likeness (QED) is 0.890. The number of carboxylic acid groups (broad SMARTS) is 1. The summed E-state index contributed by atoms with van der Waals surface area (Å²) in [5.41, 5.74) is 1.55. The van der Waals surface area contributed by atoms with Crippen LogP contribution in [0.5, 0.6) is 0 Å². The minimum absolute atomic E-state index is 0.0615. The number of aromatic nitrogens is 1. The van der Waals surface area contributed by atoms with Gasteiger partial charge in [-0.05, 0) is 17.5 Å². The molecule has 0 unspecified atom stereocenters. The third kappa shape index (κ3) is 2.89. The summed E-state index contributed by atoms with van der Waals surface area (Å²) < 4.78 is 0. The Labute approximate surface area is 109 Å². The molecule has 0 radical (unpaired) electrons. The number of carboxylic acids is 1. The molecule has 1 aromatic rings. The molecule has 1 aliphatic heterocycles. The highest BCUT2D eigenvalue weighted by Crippen LogP contribution is 2.27. The van der Waals surface area contributed by atoms with Gasteiger partial charge in [-0.2, -0.15) is 0 Å². The van der Waals surface area contributed by atoms with Crippen molar-refractivity contribution in [1.29, 1.82) is 0 Å². The van der Waals surface area contributed by atoms with Gasteiger partial charge in [-0.3, -0.25) is 14.6 Å². The van der Waals surface area contributed by atoms with E-state index in [4.69, 9.17) is 5.11 Å². The average molecular weight is 264 g/mol. The predicted octanol–water partition coefficient (Wildman–Crippen LogP) is 1.43. The summed E-state index contributed by atoms with van der Waals surface area (Å²) in [6.45, 7) is 0.190. The molecule has 1 aromatic heterocycles. The van der Waals surface area contributed by atoms with Crippen molar-refractivity contribution in [2.75, 3.05) is 12.3 Å². The van der Waals surface area contributed by atoms with E-state index in [-0.39, 0.29) is 18.9 Å². The van der Waals surface area contributed by atoms with Crippen LogP contribution < -0.4 is 0 Å². The number of rotatable bonds is 4. The normalized spacial score (nSPS) is 15.4. The predicted molar refractivity (Wildman–Crippen MR) is 68.6 cm³/mol. The van der Waals surface area contributed by atoms with E-state index in [1.807, 2.05) is 11.5 Å². The SMILES string of the molecule is O=C(O)CCN1C(=O)CSC=C1c1cccnc1. The summed E-state index contributed by atoms with van der Waals surface area (Å²) in [6.07, 6.45) is 3.26. The molecule has 0 bridgehead atoms. The fraction of sp³-hybridized carbons (Fsp3) is 0.250. The van der Waals surface area contributed by atoms with Crippen molar-refractivity contribution in [3.8, 4) is 0 Å². The van der Waals surface area contributed by atoms with Crippen molar-refractivity contribution in [1.82, 2.24) is 9.88 Å². The van der Waals surface area contributed by atoms with E-state index in [1.165, 1.54) is 16.7 Å². The van der Waals surface area contributed by atoms with E-state index in [0.717, 1.165) is 11.3 Å². The van der Waals surface area contributed by atoms with Crippen molar-refractivity contribution >= 4 is 29.3 Å². The number of nitrogens with zero attached hydrogens (tertiary/aromatic N) is 2. The number of pyridine rings is 1. The second-order valence-electron chi connectivity index (χ2n) is 3.74. The fourth-order valence-electron chi connectivity index (χ4n) is 1.66. The minimum Gasteiger partial charge on any atom is -0.481 e. The zero-order valence-electron chi connectivity index (χ0n) is 9.57. The number of hydrogen-bond donors (Lipinski definition) is 1. The fourth-order valence-corrected chi connectivity index (χ4v) is 2.46. The van der Waals surface area contributed by atoms with E-state index in [2.05, 4.69) is 4.98 Å². The average Bonchev–Trinajstić information content (AvgIpc) is 2.38. The monoisotopic (exact) mass is 264 g/mol. The van der Waals surface area contributed by atoms with Crippen molar-refractivity contribution in [3.05, 3.63) is 35.5 Å². The van der Waals surface area contributed by atoms with Crippen LogP contribution in [0.3, 0.4) is 0 Å². The van der Waals surface area contributed by atoms with E-state index >= 15 is 0 Å². The van der Waals surface area contributed by atoms with Crippen LogP contribution in [0.2, 0.25) is 0 Å². The second-order valence-corrected chi connectivity index (χ2v) is 4.60. The van der Waals surface area contributed by atoms with Gasteiger partial charge in [0.15, 0.2) is 0 Å². The lowest BCUT2D eigenvalue weighted by atomic mass is 10.2. The zero-order chi connectivity index (χ0) is 13.0. The lowest BCUT2D eigenvalue weighted by Crippen LogP contribution is -2.34. The Morgan fingerprint density at radius 2 is 2.39 bits per heavy atom. The molecule has 6 heteroatoms. The molecule has 0 aromatic carbocycles. The molecule has 1 amide bonds. The van der Waals surface area contributed by atoms with Gasteiger partial charge in [0, 0.05) is 24.5 Å². The van der Waals surface area contributed by atoms with Gasteiger partial charge in [0.1, 0.15) is 0 Å². The van der Waals surface area contributed by atoms with Gasteiger partial charge < -0.3 is 10.0 Å². The van der Waals surface area contributed by atoms with Gasteiger partial charge in [0.25, 0.3) is 0 Å². The number of hydrogen-bond acceptors (Lipinski definition) is 4. The topological polar surface area (TPSA) is 70.5 Å². The first kappa shape index (κ1) is 12.6. The lowest BCUT2D eigenvalue weighted by Gasteiger charge is -2.27. The van der Waals surface area contributed by atoms with Crippen molar-refractivity contribution in [3.63, 3.8) is 0 Å². The van der Waals surface area contributed by atoms with Crippen molar-refractivity contribution in [2.45, 2.75) is 6.42 Å². The molecular formula is C12H12N2O3S. The maximum atomic E-state index is 11.8. The van der Waals surface area contributed by atoms with E-state index < -0.39 is 5.97 Å². The lowest BCUT2D eigenvalue weighted by molar-refractivity contribution is -0.137. The van der Waals surface area contributed by atoms with E-state index in [1.54, 1.807) is 18.5 Å². The Hall–Kier alpha value is -1.82. The molecule has 5 nitrogen and oxygen atoms in total. The molecule has 2 rings (SSSR count). The molecule has 0 saturated carbocycles.